The minimum atomic E-state index is -0.474. The molecule has 2 nitrogen and oxygen atoms in total. The summed E-state index contributed by atoms with van der Waals surface area (Å²) in [6, 6.07) is 0.0628. The Labute approximate surface area is 67.8 Å². The lowest BCUT2D eigenvalue weighted by molar-refractivity contribution is -0.0386. The second kappa shape index (κ2) is 2.46. The van der Waals surface area contributed by atoms with Crippen LogP contribution in [0.2, 0.25) is 0 Å². The molecule has 0 aromatic rings. The molecule has 0 spiro atoms. The second-order valence-corrected chi connectivity index (χ2v) is 4.12. The molecule has 0 aromatic heterocycles. The summed E-state index contributed by atoms with van der Waals surface area (Å²) in [7, 11) is 0. The first-order valence-electron chi connectivity index (χ1n) is 4.71. The van der Waals surface area contributed by atoms with Crippen molar-refractivity contribution in [1.82, 2.24) is 0 Å². The zero-order valence-electron chi connectivity index (χ0n) is 6.92. The van der Waals surface area contributed by atoms with Crippen LogP contribution in [0.15, 0.2) is 0 Å². The molecule has 0 bridgehead atoms. The van der Waals surface area contributed by atoms with Crippen molar-refractivity contribution in [3.05, 3.63) is 0 Å². The van der Waals surface area contributed by atoms with Gasteiger partial charge in [-0.1, -0.05) is 12.8 Å². The fourth-order valence-corrected chi connectivity index (χ4v) is 2.77. The molecule has 2 aliphatic carbocycles. The number of hydrogen-bond donors (Lipinski definition) is 2. The van der Waals surface area contributed by atoms with Crippen LogP contribution >= 0.6 is 0 Å². The first-order chi connectivity index (χ1) is 5.23. The summed E-state index contributed by atoms with van der Waals surface area (Å²) in [5, 5.41) is 10.2. The summed E-state index contributed by atoms with van der Waals surface area (Å²) in [5.74, 6) is 0.520. The van der Waals surface area contributed by atoms with E-state index in [0.29, 0.717) is 5.92 Å². The highest BCUT2D eigenvalue weighted by atomic mass is 16.3. The van der Waals surface area contributed by atoms with Crippen LogP contribution in [0.3, 0.4) is 0 Å². The van der Waals surface area contributed by atoms with Crippen LogP contribution in [-0.4, -0.2) is 16.7 Å². The molecule has 3 atom stereocenters. The molecule has 11 heavy (non-hydrogen) atoms. The van der Waals surface area contributed by atoms with E-state index >= 15 is 0 Å². The summed E-state index contributed by atoms with van der Waals surface area (Å²) in [4.78, 5) is 0. The van der Waals surface area contributed by atoms with Crippen LogP contribution in [-0.2, 0) is 0 Å². The van der Waals surface area contributed by atoms with Crippen molar-refractivity contribution in [2.75, 3.05) is 0 Å². The van der Waals surface area contributed by atoms with Crippen LogP contribution in [0.4, 0.5) is 0 Å². The molecule has 2 rings (SSSR count). The molecule has 2 fully saturated rings. The third kappa shape index (κ3) is 1.00. The molecule has 0 unspecified atom stereocenters. The van der Waals surface area contributed by atoms with E-state index in [1.807, 2.05) is 0 Å². The van der Waals surface area contributed by atoms with Gasteiger partial charge in [-0.25, -0.2) is 0 Å². The Bertz CT molecular complexity index is 158. The lowest BCUT2D eigenvalue weighted by Gasteiger charge is -2.37. The highest BCUT2D eigenvalue weighted by molar-refractivity contribution is 5.02. The molecule has 2 heteroatoms. The van der Waals surface area contributed by atoms with Crippen molar-refractivity contribution in [3.63, 3.8) is 0 Å². The van der Waals surface area contributed by atoms with Gasteiger partial charge in [-0.15, -0.1) is 0 Å². The van der Waals surface area contributed by atoms with Crippen molar-refractivity contribution in [2.45, 2.75) is 50.2 Å². The van der Waals surface area contributed by atoms with Gasteiger partial charge in [-0.3, -0.25) is 0 Å². The lowest BCUT2D eigenvalue weighted by atomic mass is 9.76. The van der Waals surface area contributed by atoms with Gasteiger partial charge >= 0.3 is 0 Å². The first-order valence-corrected chi connectivity index (χ1v) is 4.71. The van der Waals surface area contributed by atoms with Crippen LogP contribution < -0.4 is 5.73 Å². The van der Waals surface area contributed by atoms with Gasteiger partial charge in [0.25, 0.3) is 0 Å². The SMILES string of the molecule is N[C@H]1CC[C@@H]2CCCC[C@@]21O. The zero-order chi connectivity index (χ0) is 7.90. The maximum atomic E-state index is 10.2. The average Bonchev–Trinajstić information content (AvgIpc) is 2.29. The molecule has 2 aliphatic rings. The zero-order valence-corrected chi connectivity index (χ0v) is 6.92. The first kappa shape index (κ1) is 7.56. The Hall–Kier alpha value is -0.0800. The van der Waals surface area contributed by atoms with Gasteiger partial charge in [-0.05, 0) is 31.6 Å². The van der Waals surface area contributed by atoms with Gasteiger partial charge in [0, 0.05) is 6.04 Å². The minimum Gasteiger partial charge on any atom is -0.388 e. The van der Waals surface area contributed by atoms with Gasteiger partial charge in [0.05, 0.1) is 5.60 Å². The number of fused-ring (bicyclic) bond motifs is 1. The molecular formula is C9H17NO. The molecule has 3 N–H and O–H groups in total. The summed E-state index contributed by atoms with van der Waals surface area (Å²) in [6.07, 6.45) is 6.78. The normalized spacial score (nSPS) is 50.7. The van der Waals surface area contributed by atoms with E-state index in [2.05, 4.69) is 0 Å². The van der Waals surface area contributed by atoms with Crippen LogP contribution in [0, 0.1) is 5.92 Å². The van der Waals surface area contributed by atoms with E-state index in [1.54, 1.807) is 0 Å². The fraction of sp³-hybridized carbons (Fsp3) is 1.00. The largest absolute Gasteiger partial charge is 0.388 e. The molecule has 0 aromatic carbocycles. The van der Waals surface area contributed by atoms with E-state index in [1.165, 1.54) is 19.3 Å². The second-order valence-electron chi connectivity index (χ2n) is 4.12. The standard InChI is InChI=1S/C9H17NO/c10-8-5-4-7-3-1-2-6-9(7,8)11/h7-8,11H,1-6,10H2/t7-,8-,9+/m0/s1. The Balaban J connectivity index is 2.16. The molecule has 0 saturated heterocycles. The monoisotopic (exact) mass is 155 g/mol. The molecule has 0 heterocycles. The van der Waals surface area contributed by atoms with Gasteiger partial charge < -0.3 is 10.8 Å². The Morgan fingerprint density at radius 3 is 2.73 bits per heavy atom. The minimum absolute atomic E-state index is 0.0628. The highest BCUT2D eigenvalue weighted by Gasteiger charge is 2.47. The Kier molecular flexibility index (Phi) is 1.69. The molecule has 64 valence electrons. The van der Waals surface area contributed by atoms with E-state index < -0.39 is 5.60 Å². The van der Waals surface area contributed by atoms with Crippen molar-refractivity contribution >= 4 is 0 Å². The maximum Gasteiger partial charge on any atom is 0.0825 e. The van der Waals surface area contributed by atoms with Crippen molar-refractivity contribution in [3.8, 4) is 0 Å². The number of aliphatic hydroxyl groups is 1. The molecule has 0 radical (unpaired) electrons. The Morgan fingerprint density at radius 1 is 1.18 bits per heavy atom. The van der Waals surface area contributed by atoms with Crippen LogP contribution in [0.5, 0.6) is 0 Å². The molecule has 2 saturated carbocycles. The number of nitrogens with two attached hydrogens (primary N) is 1. The van der Waals surface area contributed by atoms with Crippen LogP contribution in [0.1, 0.15) is 38.5 Å². The number of hydrogen-bond acceptors (Lipinski definition) is 2. The quantitative estimate of drug-likeness (QED) is 0.549. The predicted molar refractivity (Wildman–Crippen MR) is 44.1 cm³/mol. The smallest absolute Gasteiger partial charge is 0.0825 e. The average molecular weight is 155 g/mol. The summed E-state index contributed by atoms with van der Waals surface area (Å²) >= 11 is 0. The van der Waals surface area contributed by atoms with E-state index in [4.69, 9.17) is 5.73 Å². The van der Waals surface area contributed by atoms with Crippen molar-refractivity contribution in [1.29, 1.82) is 0 Å². The van der Waals surface area contributed by atoms with Gasteiger partial charge in [0.15, 0.2) is 0 Å². The van der Waals surface area contributed by atoms with Crippen LogP contribution in [0.25, 0.3) is 0 Å². The molecular weight excluding hydrogens is 138 g/mol. The summed E-state index contributed by atoms with van der Waals surface area (Å²) in [5.41, 5.74) is 5.40. The van der Waals surface area contributed by atoms with Gasteiger partial charge in [0.2, 0.25) is 0 Å². The van der Waals surface area contributed by atoms with E-state index in [9.17, 15) is 5.11 Å². The third-order valence-electron chi connectivity index (χ3n) is 3.56. The Morgan fingerprint density at radius 2 is 2.00 bits per heavy atom. The predicted octanol–water partition coefficient (Wildman–Crippen LogP) is 1.03. The van der Waals surface area contributed by atoms with Crippen molar-refractivity contribution in [2.24, 2.45) is 11.7 Å². The number of rotatable bonds is 0. The topological polar surface area (TPSA) is 46.2 Å². The van der Waals surface area contributed by atoms with E-state index in [-0.39, 0.29) is 6.04 Å². The molecule has 0 aliphatic heterocycles. The summed E-state index contributed by atoms with van der Waals surface area (Å²) < 4.78 is 0. The molecule has 0 amide bonds. The third-order valence-corrected chi connectivity index (χ3v) is 3.56. The van der Waals surface area contributed by atoms with E-state index in [0.717, 1.165) is 19.3 Å². The lowest BCUT2D eigenvalue weighted by Crippen LogP contribution is -2.49. The maximum absolute atomic E-state index is 10.2. The summed E-state index contributed by atoms with van der Waals surface area (Å²) in [6.45, 7) is 0. The highest BCUT2D eigenvalue weighted by Crippen LogP contribution is 2.44. The fourth-order valence-electron chi connectivity index (χ4n) is 2.77. The van der Waals surface area contributed by atoms with Gasteiger partial charge in [0.1, 0.15) is 0 Å². The van der Waals surface area contributed by atoms with Crippen molar-refractivity contribution < 1.29 is 5.11 Å². The van der Waals surface area contributed by atoms with Gasteiger partial charge in [-0.2, -0.15) is 0 Å².